The number of Topliss-reactive ketones (excluding diaryl/α,β-unsaturated/α-hetero) is 1. The molecule has 0 saturated carbocycles. The first kappa shape index (κ1) is 12.9. The first-order valence-electron chi connectivity index (χ1n) is 5.33. The summed E-state index contributed by atoms with van der Waals surface area (Å²) in [6.45, 7) is 5.80. The number of halogens is 1. The fourth-order valence-corrected chi connectivity index (χ4v) is 2.21. The lowest BCUT2D eigenvalue weighted by molar-refractivity contribution is -0.129. The van der Waals surface area contributed by atoms with Crippen molar-refractivity contribution in [3.8, 4) is 0 Å². The van der Waals surface area contributed by atoms with Crippen molar-refractivity contribution in [2.24, 2.45) is 5.41 Å². The third kappa shape index (κ3) is 3.16. The van der Waals surface area contributed by atoms with E-state index in [2.05, 4.69) is 5.32 Å². The molecule has 3 nitrogen and oxygen atoms in total. The Morgan fingerprint density at radius 1 is 1.40 bits per heavy atom. The minimum absolute atomic E-state index is 0.00989. The van der Waals surface area contributed by atoms with Crippen LogP contribution in [0.1, 0.15) is 33.6 Å². The van der Waals surface area contributed by atoms with E-state index in [1.54, 1.807) is 7.11 Å². The van der Waals surface area contributed by atoms with Gasteiger partial charge in [-0.3, -0.25) is 10.1 Å². The highest BCUT2D eigenvalue weighted by Gasteiger charge is 2.36. The third-order valence-electron chi connectivity index (χ3n) is 2.79. The number of hydrogen-bond acceptors (Lipinski definition) is 3. The van der Waals surface area contributed by atoms with Crippen LogP contribution in [-0.4, -0.2) is 30.5 Å². The monoisotopic (exact) mass is 233 g/mol. The fourth-order valence-electron chi connectivity index (χ4n) is 1.83. The highest BCUT2D eigenvalue weighted by Crippen LogP contribution is 2.25. The van der Waals surface area contributed by atoms with E-state index in [0.717, 1.165) is 12.8 Å². The number of rotatable bonds is 2. The first-order chi connectivity index (χ1) is 6.86. The standard InChI is InChI=1S/C11H20ClNO2/c1-11(2,3)9(14)7-5-6-8(15-4)10(12)13-7/h7-8,10,13H,5-6H2,1-4H3. The fraction of sp³-hybridized carbons (Fsp3) is 0.909. The number of alkyl halides is 1. The molecule has 0 bridgehead atoms. The van der Waals surface area contributed by atoms with Crippen LogP contribution in [0.2, 0.25) is 0 Å². The summed E-state index contributed by atoms with van der Waals surface area (Å²) in [5, 5.41) is 3.11. The predicted molar refractivity (Wildman–Crippen MR) is 61.1 cm³/mol. The average Bonchev–Trinajstić information content (AvgIpc) is 2.15. The second-order valence-electron chi connectivity index (χ2n) is 5.09. The van der Waals surface area contributed by atoms with Crippen LogP contribution in [0.15, 0.2) is 0 Å². The predicted octanol–water partition coefficient (Wildman–Crippen LogP) is 1.93. The number of nitrogens with one attached hydrogen (secondary N) is 1. The Bertz CT molecular complexity index is 237. The maximum absolute atomic E-state index is 12.0. The number of ketones is 1. The molecule has 88 valence electrons. The summed E-state index contributed by atoms with van der Waals surface area (Å²) in [5.74, 6) is 0.225. The molecule has 1 rings (SSSR count). The lowest BCUT2D eigenvalue weighted by Crippen LogP contribution is -2.53. The minimum atomic E-state index is -0.311. The SMILES string of the molecule is COC1CCC(C(=O)C(C)(C)C)NC1Cl. The van der Waals surface area contributed by atoms with Crippen LogP contribution in [0.5, 0.6) is 0 Å². The summed E-state index contributed by atoms with van der Waals surface area (Å²) in [7, 11) is 1.65. The van der Waals surface area contributed by atoms with Gasteiger partial charge in [0, 0.05) is 12.5 Å². The van der Waals surface area contributed by atoms with Gasteiger partial charge in [0.2, 0.25) is 0 Å². The number of hydrogen-bond donors (Lipinski definition) is 1. The zero-order chi connectivity index (χ0) is 11.6. The van der Waals surface area contributed by atoms with Crippen molar-refractivity contribution in [2.45, 2.75) is 51.3 Å². The van der Waals surface area contributed by atoms with E-state index in [1.807, 2.05) is 20.8 Å². The van der Waals surface area contributed by atoms with E-state index < -0.39 is 0 Å². The molecule has 0 aromatic heterocycles. The molecule has 3 unspecified atom stereocenters. The molecular formula is C11H20ClNO2. The Hall–Kier alpha value is -0.120. The molecule has 1 fully saturated rings. The Labute approximate surface area is 96.5 Å². The third-order valence-corrected chi connectivity index (χ3v) is 3.19. The van der Waals surface area contributed by atoms with Gasteiger partial charge in [0.15, 0.2) is 5.78 Å². The van der Waals surface area contributed by atoms with Crippen molar-refractivity contribution in [1.82, 2.24) is 5.32 Å². The summed E-state index contributed by atoms with van der Waals surface area (Å²) in [4.78, 5) is 12.0. The van der Waals surface area contributed by atoms with Crippen LogP contribution < -0.4 is 5.32 Å². The number of piperidine rings is 1. The van der Waals surface area contributed by atoms with Crippen molar-refractivity contribution < 1.29 is 9.53 Å². The second kappa shape index (κ2) is 4.81. The second-order valence-corrected chi connectivity index (χ2v) is 5.56. The molecule has 0 radical (unpaired) electrons. The Kier molecular flexibility index (Phi) is 4.15. The normalized spacial score (nSPS) is 32.7. The number of methoxy groups -OCH3 is 1. The highest BCUT2D eigenvalue weighted by atomic mass is 35.5. The average molecular weight is 234 g/mol. The zero-order valence-electron chi connectivity index (χ0n) is 9.84. The molecule has 1 aliphatic heterocycles. The molecular weight excluding hydrogens is 214 g/mol. The van der Waals surface area contributed by atoms with Gasteiger partial charge in [-0.05, 0) is 12.8 Å². The molecule has 15 heavy (non-hydrogen) atoms. The van der Waals surface area contributed by atoms with Crippen LogP contribution in [0, 0.1) is 5.41 Å². The molecule has 1 heterocycles. The van der Waals surface area contributed by atoms with Gasteiger partial charge in [0.05, 0.1) is 12.1 Å². The van der Waals surface area contributed by atoms with Crippen molar-refractivity contribution in [3.05, 3.63) is 0 Å². The van der Waals surface area contributed by atoms with Crippen LogP contribution in [0.4, 0.5) is 0 Å². The molecule has 1 aliphatic rings. The summed E-state index contributed by atoms with van der Waals surface area (Å²) < 4.78 is 5.21. The lowest BCUT2D eigenvalue weighted by Gasteiger charge is -2.35. The van der Waals surface area contributed by atoms with E-state index in [4.69, 9.17) is 16.3 Å². The number of ether oxygens (including phenoxy) is 1. The van der Waals surface area contributed by atoms with Gasteiger partial charge < -0.3 is 4.74 Å². The molecule has 4 heteroatoms. The summed E-state index contributed by atoms with van der Waals surface area (Å²) in [6, 6.07) is -0.126. The van der Waals surface area contributed by atoms with Crippen LogP contribution in [0.25, 0.3) is 0 Å². The Balaban J connectivity index is 2.58. The van der Waals surface area contributed by atoms with Gasteiger partial charge in [-0.1, -0.05) is 20.8 Å². The zero-order valence-corrected chi connectivity index (χ0v) is 10.6. The Morgan fingerprint density at radius 3 is 2.40 bits per heavy atom. The van der Waals surface area contributed by atoms with Crippen LogP contribution >= 0.6 is 11.6 Å². The van der Waals surface area contributed by atoms with E-state index >= 15 is 0 Å². The maximum Gasteiger partial charge on any atom is 0.155 e. The van der Waals surface area contributed by atoms with E-state index in [-0.39, 0.29) is 28.8 Å². The van der Waals surface area contributed by atoms with Crippen molar-refractivity contribution in [2.75, 3.05) is 7.11 Å². The quantitative estimate of drug-likeness (QED) is 0.585. The first-order valence-corrected chi connectivity index (χ1v) is 5.77. The van der Waals surface area contributed by atoms with Gasteiger partial charge in [0.25, 0.3) is 0 Å². The van der Waals surface area contributed by atoms with Gasteiger partial charge in [-0.15, -0.1) is 11.6 Å². The molecule has 0 amide bonds. The summed E-state index contributed by atoms with van der Waals surface area (Å²) in [6.07, 6.45) is 1.65. The molecule has 0 aromatic carbocycles. The number of carbonyl (C=O) groups is 1. The maximum atomic E-state index is 12.0. The largest absolute Gasteiger partial charge is 0.379 e. The van der Waals surface area contributed by atoms with Crippen molar-refractivity contribution in [1.29, 1.82) is 0 Å². The number of carbonyl (C=O) groups excluding carboxylic acids is 1. The molecule has 0 aromatic rings. The van der Waals surface area contributed by atoms with E-state index in [0.29, 0.717) is 0 Å². The van der Waals surface area contributed by atoms with Gasteiger partial charge in [0.1, 0.15) is 5.50 Å². The van der Waals surface area contributed by atoms with Gasteiger partial charge in [-0.2, -0.15) is 0 Å². The topological polar surface area (TPSA) is 38.3 Å². The summed E-state index contributed by atoms with van der Waals surface area (Å²) >= 11 is 6.08. The van der Waals surface area contributed by atoms with E-state index in [9.17, 15) is 4.79 Å². The molecule has 3 atom stereocenters. The van der Waals surface area contributed by atoms with Crippen LogP contribution in [0.3, 0.4) is 0 Å². The van der Waals surface area contributed by atoms with Crippen LogP contribution in [-0.2, 0) is 9.53 Å². The molecule has 1 saturated heterocycles. The van der Waals surface area contributed by atoms with Gasteiger partial charge in [-0.25, -0.2) is 0 Å². The highest BCUT2D eigenvalue weighted by molar-refractivity contribution is 6.21. The van der Waals surface area contributed by atoms with E-state index in [1.165, 1.54) is 0 Å². The Morgan fingerprint density at radius 2 is 2.00 bits per heavy atom. The lowest BCUT2D eigenvalue weighted by atomic mass is 9.83. The summed E-state index contributed by atoms with van der Waals surface area (Å²) in [5.41, 5.74) is -0.575. The molecule has 1 N–H and O–H groups in total. The molecule has 0 aliphatic carbocycles. The van der Waals surface area contributed by atoms with Gasteiger partial charge >= 0.3 is 0 Å². The van der Waals surface area contributed by atoms with Crippen molar-refractivity contribution >= 4 is 17.4 Å². The smallest absolute Gasteiger partial charge is 0.155 e. The van der Waals surface area contributed by atoms with Crippen molar-refractivity contribution in [3.63, 3.8) is 0 Å². The minimum Gasteiger partial charge on any atom is -0.379 e. The molecule has 0 spiro atoms.